The van der Waals surface area contributed by atoms with Crippen LogP contribution in [0.2, 0.25) is 25.7 Å². The highest BCUT2D eigenvalue weighted by Gasteiger charge is 2.22. The summed E-state index contributed by atoms with van der Waals surface area (Å²) in [6, 6.07) is 3.27. The van der Waals surface area contributed by atoms with E-state index in [1.54, 1.807) is 0 Å². The fourth-order valence-electron chi connectivity index (χ4n) is 3.85. The summed E-state index contributed by atoms with van der Waals surface area (Å²) in [7, 11) is -1.09. The van der Waals surface area contributed by atoms with Crippen LogP contribution in [0.5, 0.6) is 0 Å². The zero-order chi connectivity index (χ0) is 21.0. The standard InChI is InChI=1S/C21H32BrN3O3Si/c1-29(2,3)13-12-28-15-25-14-18(22)19-17(6-9-23-20(19)25)5-4-16-7-10-24(11-8-16)21(26)27/h6,9,14,16H,4-5,7-8,10-13,15H2,1-3H3,(H,26,27). The van der Waals surface area contributed by atoms with Gasteiger partial charge in [-0.1, -0.05) is 19.6 Å². The van der Waals surface area contributed by atoms with E-state index in [1.807, 2.05) is 6.20 Å². The highest BCUT2D eigenvalue weighted by Crippen LogP contribution is 2.31. The number of amides is 1. The van der Waals surface area contributed by atoms with Crippen molar-refractivity contribution in [3.05, 3.63) is 28.5 Å². The van der Waals surface area contributed by atoms with Gasteiger partial charge in [0.15, 0.2) is 0 Å². The fourth-order valence-corrected chi connectivity index (χ4v) is 5.29. The molecule has 0 aromatic carbocycles. The quantitative estimate of drug-likeness (QED) is 0.402. The number of aryl methyl sites for hydroxylation is 1. The summed E-state index contributed by atoms with van der Waals surface area (Å²) >= 11 is 3.72. The minimum atomic E-state index is -1.09. The molecule has 0 unspecified atom stereocenters. The third-order valence-corrected chi connectivity index (χ3v) is 8.04. The van der Waals surface area contributed by atoms with Crippen LogP contribution < -0.4 is 0 Å². The highest BCUT2D eigenvalue weighted by atomic mass is 79.9. The van der Waals surface area contributed by atoms with Gasteiger partial charge in [-0.15, -0.1) is 0 Å². The number of piperidine rings is 1. The predicted octanol–water partition coefficient (Wildman–Crippen LogP) is 5.43. The molecule has 3 rings (SSSR count). The largest absolute Gasteiger partial charge is 0.465 e. The second-order valence-electron chi connectivity index (χ2n) is 9.22. The number of rotatable bonds is 8. The molecule has 0 radical (unpaired) electrons. The Balaban J connectivity index is 1.61. The average molecular weight is 482 g/mol. The van der Waals surface area contributed by atoms with Gasteiger partial charge in [-0.25, -0.2) is 9.78 Å². The van der Waals surface area contributed by atoms with Crippen LogP contribution in [0.25, 0.3) is 11.0 Å². The van der Waals surface area contributed by atoms with Crippen LogP contribution in [0.4, 0.5) is 4.79 Å². The molecule has 1 aliphatic heterocycles. The first-order valence-corrected chi connectivity index (χ1v) is 14.9. The monoisotopic (exact) mass is 481 g/mol. The number of pyridine rings is 1. The molecule has 0 bridgehead atoms. The maximum Gasteiger partial charge on any atom is 0.407 e. The normalized spacial score (nSPS) is 15.9. The van der Waals surface area contributed by atoms with Gasteiger partial charge in [-0.2, -0.15) is 0 Å². The van der Waals surface area contributed by atoms with E-state index in [0.29, 0.717) is 25.7 Å². The Labute approximate surface area is 182 Å². The van der Waals surface area contributed by atoms with Gasteiger partial charge in [0.25, 0.3) is 0 Å². The third-order valence-electron chi connectivity index (χ3n) is 5.73. The fraction of sp³-hybridized carbons (Fsp3) is 0.619. The summed E-state index contributed by atoms with van der Waals surface area (Å²) in [5, 5.41) is 10.3. The van der Waals surface area contributed by atoms with Gasteiger partial charge < -0.3 is 19.3 Å². The van der Waals surface area contributed by atoms with Gasteiger partial charge in [0.1, 0.15) is 12.4 Å². The number of aromatic nitrogens is 2. The van der Waals surface area contributed by atoms with Crippen LogP contribution in [-0.2, 0) is 17.9 Å². The van der Waals surface area contributed by atoms with Crippen LogP contribution >= 0.6 is 15.9 Å². The number of fused-ring (bicyclic) bond motifs is 1. The number of carboxylic acid groups (broad SMARTS) is 1. The van der Waals surface area contributed by atoms with Gasteiger partial charge in [0, 0.05) is 50.0 Å². The third kappa shape index (κ3) is 6.05. The Morgan fingerprint density at radius 3 is 2.72 bits per heavy atom. The molecular formula is C21H32BrN3O3Si. The number of ether oxygens (including phenoxy) is 1. The number of hydrogen-bond donors (Lipinski definition) is 1. The molecule has 0 saturated carbocycles. The molecule has 29 heavy (non-hydrogen) atoms. The molecule has 1 saturated heterocycles. The predicted molar refractivity (Wildman–Crippen MR) is 122 cm³/mol. The Bertz CT molecular complexity index is 842. The Hall–Kier alpha value is -1.38. The number of hydrogen-bond acceptors (Lipinski definition) is 3. The Morgan fingerprint density at radius 1 is 1.34 bits per heavy atom. The van der Waals surface area contributed by atoms with Gasteiger partial charge in [0.05, 0.1) is 0 Å². The molecule has 3 heterocycles. The number of carbonyl (C=O) groups is 1. The van der Waals surface area contributed by atoms with Crippen molar-refractivity contribution in [2.75, 3.05) is 19.7 Å². The van der Waals surface area contributed by atoms with Crippen molar-refractivity contribution in [3.63, 3.8) is 0 Å². The molecule has 8 heteroatoms. The molecule has 0 aliphatic carbocycles. The van der Waals surface area contributed by atoms with Gasteiger partial charge >= 0.3 is 6.09 Å². The van der Waals surface area contributed by atoms with E-state index in [9.17, 15) is 4.79 Å². The molecule has 1 N–H and O–H groups in total. The molecule has 2 aromatic heterocycles. The summed E-state index contributed by atoms with van der Waals surface area (Å²) in [5.41, 5.74) is 2.26. The molecular weight excluding hydrogens is 450 g/mol. The van der Waals surface area contributed by atoms with E-state index in [-0.39, 0.29) is 0 Å². The van der Waals surface area contributed by atoms with E-state index >= 15 is 0 Å². The molecule has 1 aliphatic rings. The minimum absolute atomic E-state index is 0.524. The Kier molecular flexibility index (Phi) is 7.40. The van der Waals surface area contributed by atoms with E-state index in [1.165, 1.54) is 15.8 Å². The van der Waals surface area contributed by atoms with E-state index in [0.717, 1.165) is 48.5 Å². The molecule has 6 nitrogen and oxygen atoms in total. The first-order valence-electron chi connectivity index (χ1n) is 10.4. The van der Waals surface area contributed by atoms with Crippen molar-refractivity contribution in [1.29, 1.82) is 0 Å². The lowest BCUT2D eigenvalue weighted by Crippen LogP contribution is -2.37. The first-order chi connectivity index (χ1) is 13.7. The van der Waals surface area contributed by atoms with Crippen molar-refractivity contribution >= 4 is 41.1 Å². The lowest BCUT2D eigenvalue weighted by Gasteiger charge is -2.30. The van der Waals surface area contributed by atoms with E-state index in [4.69, 9.17) is 9.84 Å². The van der Waals surface area contributed by atoms with E-state index < -0.39 is 14.2 Å². The first kappa shape index (κ1) is 22.3. The summed E-state index contributed by atoms with van der Waals surface area (Å²) < 4.78 is 9.07. The average Bonchev–Trinajstić information content (AvgIpc) is 2.99. The van der Waals surface area contributed by atoms with Crippen LogP contribution in [0.1, 0.15) is 24.8 Å². The number of nitrogens with zero attached hydrogens (tertiary/aromatic N) is 3. The maximum atomic E-state index is 11.1. The smallest absolute Gasteiger partial charge is 0.407 e. The van der Waals surface area contributed by atoms with Crippen LogP contribution in [-0.4, -0.2) is 53.4 Å². The van der Waals surface area contributed by atoms with Crippen LogP contribution in [0, 0.1) is 5.92 Å². The SMILES string of the molecule is C[Si](C)(C)CCOCn1cc(Br)c2c(CCC3CCN(C(=O)O)CC3)ccnc21. The zero-order valence-corrected chi connectivity index (χ0v) is 20.2. The topological polar surface area (TPSA) is 67.6 Å². The minimum Gasteiger partial charge on any atom is -0.465 e. The van der Waals surface area contributed by atoms with Crippen LogP contribution in [0.15, 0.2) is 22.9 Å². The maximum absolute atomic E-state index is 11.1. The van der Waals surface area contributed by atoms with Crippen molar-refractivity contribution in [1.82, 2.24) is 14.5 Å². The summed E-state index contributed by atoms with van der Waals surface area (Å²) in [4.78, 5) is 17.2. The summed E-state index contributed by atoms with van der Waals surface area (Å²) in [5.74, 6) is 0.583. The van der Waals surface area contributed by atoms with Gasteiger partial charge in [-0.05, 0) is 65.2 Å². The summed E-state index contributed by atoms with van der Waals surface area (Å²) in [6.45, 7) is 9.70. The highest BCUT2D eigenvalue weighted by molar-refractivity contribution is 9.10. The molecule has 160 valence electrons. The number of likely N-dealkylation sites (tertiary alicyclic amines) is 1. The molecule has 1 fully saturated rings. The van der Waals surface area contributed by atoms with Crippen molar-refractivity contribution in [3.8, 4) is 0 Å². The van der Waals surface area contributed by atoms with Crippen molar-refractivity contribution in [2.45, 2.75) is 58.1 Å². The summed E-state index contributed by atoms with van der Waals surface area (Å²) in [6.07, 6.45) is 7.13. The molecule has 0 spiro atoms. The van der Waals surface area contributed by atoms with Gasteiger partial charge in [0.2, 0.25) is 0 Å². The van der Waals surface area contributed by atoms with Crippen molar-refractivity contribution in [2.24, 2.45) is 5.92 Å². The van der Waals surface area contributed by atoms with Gasteiger partial charge in [-0.3, -0.25) is 0 Å². The number of halogens is 1. The van der Waals surface area contributed by atoms with Crippen molar-refractivity contribution < 1.29 is 14.6 Å². The van der Waals surface area contributed by atoms with Crippen LogP contribution in [0.3, 0.4) is 0 Å². The lowest BCUT2D eigenvalue weighted by atomic mass is 9.90. The molecule has 0 atom stereocenters. The molecule has 2 aromatic rings. The Morgan fingerprint density at radius 2 is 2.07 bits per heavy atom. The second-order valence-corrected chi connectivity index (χ2v) is 15.7. The second kappa shape index (κ2) is 9.62. The molecule has 1 amide bonds. The van der Waals surface area contributed by atoms with E-state index in [2.05, 4.69) is 57.4 Å². The lowest BCUT2D eigenvalue weighted by molar-refractivity contribution is 0.0898. The zero-order valence-electron chi connectivity index (χ0n) is 17.7.